The third-order valence-corrected chi connectivity index (χ3v) is 2.28. The van der Waals surface area contributed by atoms with Gasteiger partial charge in [-0.15, -0.1) is 13.2 Å². The predicted octanol–water partition coefficient (Wildman–Crippen LogP) is 2.68. The van der Waals surface area contributed by atoms with Crippen molar-refractivity contribution in [1.82, 2.24) is 0 Å². The van der Waals surface area contributed by atoms with Gasteiger partial charge in [-0.3, -0.25) is 0 Å². The molecule has 17 heavy (non-hydrogen) atoms. The van der Waals surface area contributed by atoms with Gasteiger partial charge in [-0.1, -0.05) is 0 Å². The summed E-state index contributed by atoms with van der Waals surface area (Å²) in [4.78, 5) is 0. The Morgan fingerprint density at radius 2 is 1.82 bits per heavy atom. The summed E-state index contributed by atoms with van der Waals surface area (Å²) in [5, 5.41) is 12.2. The van der Waals surface area contributed by atoms with Gasteiger partial charge in [0.15, 0.2) is 5.69 Å². The smallest absolute Gasteiger partial charge is 0.573 e. The molecule has 1 aromatic carbocycles. The summed E-state index contributed by atoms with van der Waals surface area (Å²) in [6.07, 6.45) is -4.76. The van der Waals surface area contributed by atoms with Crippen molar-refractivity contribution >= 4 is 10.9 Å². The van der Waals surface area contributed by atoms with Crippen molar-refractivity contribution in [3.05, 3.63) is 41.2 Å². The Morgan fingerprint density at radius 1 is 1.18 bits per heavy atom. The first-order valence-corrected chi connectivity index (χ1v) is 4.75. The molecule has 1 aromatic heterocycles. The molecule has 1 heterocycles. The Kier molecular flexibility index (Phi) is 2.57. The molecule has 0 spiro atoms. The quantitative estimate of drug-likeness (QED) is 0.570. The lowest BCUT2D eigenvalue weighted by molar-refractivity contribution is -0.584. The van der Waals surface area contributed by atoms with Crippen LogP contribution in [0.3, 0.4) is 0 Å². The van der Waals surface area contributed by atoms with E-state index < -0.39 is 12.1 Å². The van der Waals surface area contributed by atoms with Crippen molar-refractivity contribution in [2.45, 2.75) is 13.3 Å². The summed E-state index contributed by atoms with van der Waals surface area (Å²) in [6, 6.07) is 6.91. The molecule has 0 atom stereocenters. The minimum Gasteiger partial charge on any atom is -0.618 e. The lowest BCUT2D eigenvalue weighted by Gasteiger charge is -2.10. The molecule has 0 fully saturated rings. The number of ether oxygens (including phenoxy) is 1. The second kappa shape index (κ2) is 3.80. The normalized spacial score (nSPS) is 11.8. The number of fused-ring (bicyclic) bond motifs is 1. The second-order valence-corrected chi connectivity index (χ2v) is 3.54. The molecule has 0 aliphatic carbocycles. The highest BCUT2D eigenvalue weighted by molar-refractivity contribution is 5.77. The first-order chi connectivity index (χ1) is 7.87. The topological polar surface area (TPSA) is 36.2 Å². The van der Waals surface area contributed by atoms with Crippen LogP contribution in [-0.4, -0.2) is 6.36 Å². The zero-order valence-electron chi connectivity index (χ0n) is 8.78. The molecule has 0 unspecified atom stereocenters. The lowest BCUT2D eigenvalue weighted by atomic mass is 10.2. The van der Waals surface area contributed by atoms with E-state index >= 15 is 0 Å². The predicted molar refractivity (Wildman–Crippen MR) is 54.3 cm³/mol. The van der Waals surface area contributed by atoms with Crippen molar-refractivity contribution in [3.8, 4) is 5.75 Å². The van der Waals surface area contributed by atoms with Gasteiger partial charge in [0.1, 0.15) is 5.75 Å². The van der Waals surface area contributed by atoms with Crippen LogP contribution in [-0.2, 0) is 0 Å². The Balaban J connectivity index is 2.53. The molecule has 2 rings (SSSR count). The van der Waals surface area contributed by atoms with E-state index in [1.54, 1.807) is 19.1 Å². The third kappa shape index (κ3) is 2.41. The number of aryl methyl sites for hydroxylation is 1. The molecule has 6 heteroatoms. The first kappa shape index (κ1) is 11.5. The van der Waals surface area contributed by atoms with Crippen LogP contribution in [0.15, 0.2) is 30.3 Å². The van der Waals surface area contributed by atoms with Crippen molar-refractivity contribution in [3.63, 3.8) is 0 Å². The van der Waals surface area contributed by atoms with Crippen molar-refractivity contribution in [2.75, 3.05) is 0 Å². The highest BCUT2D eigenvalue weighted by atomic mass is 19.4. The number of rotatable bonds is 1. The fourth-order valence-electron chi connectivity index (χ4n) is 1.51. The van der Waals surface area contributed by atoms with Gasteiger partial charge in [-0.2, -0.15) is 4.73 Å². The summed E-state index contributed by atoms with van der Waals surface area (Å²) >= 11 is 0. The zero-order chi connectivity index (χ0) is 12.6. The highest BCUT2D eigenvalue weighted by Gasteiger charge is 2.31. The molecule has 0 saturated carbocycles. The molecule has 0 aliphatic rings. The number of pyridine rings is 1. The van der Waals surface area contributed by atoms with Gasteiger partial charge in [0.2, 0.25) is 5.52 Å². The zero-order valence-corrected chi connectivity index (χ0v) is 8.78. The van der Waals surface area contributed by atoms with Crippen LogP contribution in [0.2, 0.25) is 0 Å². The minimum atomic E-state index is -4.76. The molecular formula is C11H8F3NO2. The number of alkyl halides is 3. The van der Waals surface area contributed by atoms with Crippen LogP contribution in [0.1, 0.15) is 5.69 Å². The van der Waals surface area contributed by atoms with Gasteiger partial charge in [-0.05, 0) is 18.2 Å². The second-order valence-electron chi connectivity index (χ2n) is 3.54. The number of nitrogens with zero attached hydrogens (tertiary/aromatic N) is 1. The van der Waals surface area contributed by atoms with Crippen LogP contribution < -0.4 is 9.47 Å². The molecular weight excluding hydrogens is 235 g/mol. The third-order valence-electron chi connectivity index (χ3n) is 2.28. The van der Waals surface area contributed by atoms with Crippen LogP contribution >= 0.6 is 0 Å². The molecule has 0 saturated heterocycles. The van der Waals surface area contributed by atoms with Crippen LogP contribution in [0, 0.1) is 12.1 Å². The lowest BCUT2D eigenvalue weighted by Crippen LogP contribution is -2.30. The van der Waals surface area contributed by atoms with Crippen molar-refractivity contribution in [2.24, 2.45) is 0 Å². The van der Waals surface area contributed by atoms with E-state index in [2.05, 4.69) is 4.74 Å². The fourth-order valence-corrected chi connectivity index (χ4v) is 1.51. The number of halogens is 3. The maximum atomic E-state index is 12.0. The van der Waals surface area contributed by atoms with E-state index in [0.29, 0.717) is 15.8 Å². The Bertz CT molecular complexity index is 566. The average molecular weight is 243 g/mol. The molecule has 0 radical (unpaired) electrons. The highest BCUT2D eigenvalue weighted by Crippen LogP contribution is 2.25. The van der Waals surface area contributed by atoms with E-state index in [9.17, 15) is 18.4 Å². The van der Waals surface area contributed by atoms with Crippen LogP contribution in [0.25, 0.3) is 10.9 Å². The van der Waals surface area contributed by atoms with E-state index in [-0.39, 0.29) is 5.52 Å². The Morgan fingerprint density at radius 3 is 2.47 bits per heavy atom. The number of hydrogen-bond donors (Lipinski definition) is 0. The summed E-state index contributed by atoms with van der Waals surface area (Å²) in [7, 11) is 0. The molecule has 3 nitrogen and oxygen atoms in total. The molecule has 0 N–H and O–H groups in total. The number of hydrogen-bond acceptors (Lipinski definition) is 2. The van der Waals surface area contributed by atoms with Gasteiger partial charge in [-0.25, -0.2) is 0 Å². The average Bonchev–Trinajstić information content (AvgIpc) is 2.22. The van der Waals surface area contributed by atoms with Crippen molar-refractivity contribution < 1.29 is 22.6 Å². The van der Waals surface area contributed by atoms with Gasteiger partial charge in [0.25, 0.3) is 0 Å². The summed E-state index contributed by atoms with van der Waals surface area (Å²) in [6.45, 7) is 1.57. The van der Waals surface area contributed by atoms with E-state index in [0.717, 1.165) is 6.07 Å². The van der Waals surface area contributed by atoms with Crippen LogP contribution in [0.5, 0.6) is 5.75 Å². The molecule has 0 amide bonds. The van der Waals surface area contributed by atoms with Crippen LogP contribution in [0.4, 0.5) is 13.2 Å². The number of benzene rings is 1. The molecule has 2 aromatic rings. The molecule has 0 aliphatic heterocycles. The SMILES string of the molecule is Cc1ccc2ccc(OC(F)(F)F)cc2[n+]1[O-]. The largest absolute Gasteiger partial charge is 0.618 e. The van der Waals surface area contributed by atoms with Gasteiger partial charge in [0, 0.05) is 18.4 Å². The fraction of sp³-hybridized carbons (Fsp3) is 0.182. The van der Waals surface area contributed by atoms with E-state index in [4.69, 9.17) is 0 Å². The Hall–Kier alpha value is -1.98. The summed E-state index contributed by atoms with van der Waals surface area (Å²) in [5.74, 6) is -0.403. The number of aromatic nitrogens is 1. The van der Waals surface area contributed by atoms with Gasteiger partial charge in [0.05, 0.1) is 6.07 Å². The minimum absolute atomic E-state index is 0.145. The first-order valence-electron chi connectivity index (χ1n) is 4.75. The summed E-state index contributed by atoms with van der Waals surface area (Å²) < 4.78 is 40.4. The molecule has 90 valence electrons. The standard InChI is InChI=1S/C11H8F3NO2/c1-7-2-3-8-4-5-9(17-11(12,13)14)6-10(8)15(7)16/h2-6H,1H3. The maximum Gasteiger partial charge on any atom is 0.573 e. The Labute approximate surface area is 94.6 Å². The maximum absolute atomic E-state index is 12.0. The molecule has 0 bridgehead atoms. The van der Waals surface area contributed by atoms with E-state index in [1.807, 2.05) is 0 Å². The van der Waals surface area contributed by atoms with E-state index in [1.165, 1.54) is 12.1 Å². The van der Waals surface area contributed by atoms with Gasteiger partial charge < -0.3 is 9.94 Å². The van der Waals surface area contributed by atoms with Crippen molar-refractivity contribution in [1.29, 1.82) is 0 Å². The monoisotopic (exact) mass is 243 g/mol. The van der Waals surface area contributed by atoms with Gasteiger partial charge >= 0.3 is 6.36 Å². The summed E-state index contributed by atoms with van der Waals surface area (Å²) in [5.41, 5.74) is 0.549.